The van der Waals surface area contributed by atoms with Crippen LogP contribution in [0.5, 0.6) is 0 Å². The number of hydrogen-bond acceptors (Lipinski definition) is 2. The van der Waals surface area contributed by atoms with Crippen LogP contribution in [-0.2, 0) is 11.2 Å². The number of hydrogen-bond donors (Lipinski definition) is 0. The first-order valence-corrected chi connectivity index (χ1v) is 10.2. The second kappa shape index (κ2) is 8.20. The van der Waals surface area contributed by atoms with E-state index in [9.17, 15) is 9.18 Å². The first-order valence-electron chi connectivity index (χ1n) is 10.2. The van der Waals surface area contributed by atoms with E-state index in [1.165, 1.54) is 18.9 Å². The van der Waals surface area contributed by atoms with Crippen molar-refractivity contribution in [3.05, 3.63) is 65.2 Å². The van der Waals surface area contributed by atoms with Gasteiger partial charge < -0.3 is 4.90 Å². The van der Waals surface area contributed by atoms with Gasteiger partial charge in [-0.25, -0.2) is 4.39 Å². The fourth-order valence-corrected chi connectivity index (χ4v) is 4.51. The van der Waals surface area contributed by atoms with Crippen molar-refractivity contribution in [3.63, 3.8) is 0 Å². The predicted molar refractivity (Wildman–Crippen MR) is 104 cm³/mol. The van der Waals surface area contributed by atoms with Crippen LogP contribution in [0, 0.1) is 11.7 Å². The minimum atomic E-state index is -0.185. The number of likely N-dealkylation sites (tertiary alicyclic amines) is 1. The molecule has 1 aliphatic carbocycles. The molecule has 142 valence electrons. The average molecular weight is 366 g/mol. The fourth-order valence-electron chi connectivity index (χ4n) is 4.51. The maximum atomic E-state index is 13.9. The summed E-state index contributed by atoms with van der Waals surface area (Å²) in [5, 5.41) is 0. The van der Waals surface area contributed by atoms with E-state index in [-0.39, 0.29) is 17.7 Å². The summed E-state index contributed by atoms with van der Waals surface area (Å²) in [6, 6.07) is 12.9. The molecule has 27 heavy (non-hydrogen) atoms. The molecular formula is C23H27FN2O. The second-order valence-electron chi connectivity index (χ2n) is 7.93. The van der Waals surface area contributed by atoms with Gasteiger partial charge in [0.15, 0.2) is 0 Å². The minimum absolute atomic E-state index is 0.185. The number of benzene rings is 1. The first kappa shape index (κ1) is 18.1. The number of amides is 1. The zero-order chi connectivity index (χ0) is 18.6. The van der Waals surface area contributed by atoms with Gasteiger partial charge in [-0.3, -0.25) is 9.78 Å². The molecule has 0 radical (unpaired) electrons. The molecule has 1 aromatic heterocycles. The van der Waals surface area contributed by atoms with Crippen molar-refractivity contribution >= 4 is 5.91 Å². The van der Waals surface area contributed by atoms with Gasteiger partial charge in [-0.2, -0.15) is 0 Å². The zero-order valence-corrected chi connectivity index (χ0v) is 15.7. The van der Waals surface area contributed by atoms with E-state index in [2.05, 4.69) is 11.0 Å². The molecule has 0 bridgehead atoms. The highest BCUT2D eigenvalue weighted by Gasteiger charge is 2.31. The Morgan fingerprint density at radius 2 is 1.85 bits per heavy atom. The lowest BCUT2D eigenvalue weighted by atomic mass is 9.92. The topological polar surface area (TPSA) is 33.2 Å². The van der Waals surface area contributed by atoms with Gasteiger partial charge in [-0.1, -0.05) is 37.1 Å². The van der Waals surface area contributed by atoms with Crippen LogP contribution in [0.2, 0.25) is 0 Å². The number of pyridine rings is 1. The van der Waals surface area contributed by atoms with E-state index in [1.807, 2.05) is 24.3 Å². The monoisotopic (exact) mass is 366 g/mol. The van der Waals surface area contributed by atoms with E-state index in [1.54, 1.807) is 6.07 Å². The Hall–Kier alpha value is -2.23. The maximum Gasteiger partial charge on any atom is 0.225 e. The molecule has 2 aromatic rings. The van der Waals surface area contributed by atoms with Crippen LogP contribution >= 0.6 is 0 Å². The lowest BCUT2D eigenvalue weighted by Crippen LogP contribution is -2.42. The van der Waals surface area contributed by atoms with E-state index in [0.29, 0.717) is 17.9 Å². The number of carbonyl (C=O) groups excluding carboxylic acids is 1. The lowest BCUT2D eigenvalue weighted by molar-refractivity contribution is -0.136. The molecule has 1 aliphatic heterocycles. The molecule has 1 atom stereocenters. The van der Waals surface area contributed by atoms with Gasteiger partial charge in [0.2, 0.25) is 5.91 Å². The normalized spacial score (nSPS) is 20.8. The Morgan fingerprint density at radius 3 is 2.67 bits per heavy atom. The smallest absolute Gasteiger partial charge is 0.225 e. The number of halogens is 1. The van der Waals surface area contributed by atoms with Gasteiger partial charge in [0, 0.05) is 42.7 Å². The predicted octanol–water partition coefficient (Wildman–Crippen LogP) is 4.71. The third-order valence-corrected chi connectivity index (χ3v) is 6.01. The van der Waals surface area contributed by atoms with E-state index in [4.69, 9.17) is 4.98 Å². The molecule has 3 nitrogen and oxygen atoms in total. The van der Waals surface area contributed by atoms with Gasteiger partial charge in [0.05, 0.1) is 0 Å². The average Bonchev–Trinajstić information content (AvgIpc) is 3.24. The van der Waals surface area contributed by atoms with Crippen LogP contribution in [0.4, 0.5) is 4.39 Å². The molecule has 4 rings (SSSR count). The summed E-state index contributed by atoms with van der Waals surface area (Å²) < 4.78 is 13.9. The van der Waals surface area contributed by atoms with Crippen molar-refractivity contribution < 1.29 is 9.18 Å². The summed E-state index contributed by atoms with van der Waals surface area (Å²) in [6.07, 6.45) is 7.07. The molecule has 4 heteroatoms. The van der Waals surface area contributed by atoms with Crippen molar-refractivity contribution in [2.24, 2.45) is 5.92 Å². The summed E-state index contributed by atoms with van der Waals surface area (Å²) in [5.74, 6) is 0.684. The van der Waals surface area contributed by atoms with E-state index >= 15 is 0 Å². The highest BCUT2D eigenvalue weighted by atomic mass is 19.1. The van der Waals surface area contributed by atoms with Crippen LogP contribution in [0.15, 0.2) is 42.5 Å². The van der Waals surface area contributed by atoms with Gasteiger partial charge in [0.25, 0.3) is 0 Å². The van der Waals surface area contributed by atoms with Crippen LogP contribution in [0.25, 0.3) is 0 Å². The first-order chi connectivity index (χ1) is 13.2. The Labute approximate surface area is 160 Å². The minimum Gasteiger partial charge on any atom is -0.342 e. The maximum absolute atomic E-state index is 13.9. The van der Waals surface area contributed by atoms with Crippen LogP contribution in [0.3, 0.4) is 0 Å². The summed E-state index contributed by atoms with van der Waals surface area (Å²) in [4.78, 5) is 19.7. The van der Waals surface area contributed by atoms with Gasteiger partial charge in [-0.15, -0.1) is 0 Å². The largest absolute Gasteiger partial charge is 0.342 e. The molecule has 2 fully saturated rings. The van der Waals surface area contributed by atoms with Crippen molar-refractivity contribution in [2.75, 3.05) is 13.1 Å². The highest BCUT2D eigenvalue weighted by Crippen LogP contribution is 2.31. The Balaban J connectivity index is 1.46. The number of piperidine rings is 1. The third-order valence-electron chi connectivity index (χ3n) is 6.01. The Bertz CT molecular complexity index is 800. The molecule has 1 amide bonds. The van der Waals surface area contributed by atoms with E-state index < -0.39 is 0 Å². The van der Waals surface area contributed by atoms with Gasteiger partial charge >= 0.3 is 0 Å². The van der Waals surface area contributed by atoms with Crippen molar-refractivity contribution in [1.29, 1.82) is 0 Å². The number of carbonyl (C=O) groups is 1. The number of aromatic nitrogens is 1. The third kappa shape index (κ3) is 4.20. The summed E-state index contributed by atoms with van der Waals surface area (Å²) in [6.45, 7) is 1.65. The molecule has 0 spiro atoms. The standard InChI is InChI=1S/C23H27FN2O/c24-21-12-4-3-9-18(21)15-20-11-5-13-22(25-20)19-10-6-14-26(16-19)23(27)17-7-1-2-8-17/h3-5,9,11-13,17,19H,1-2,6-8,10,14-16H2. The fraction of sp³-hybridized carbons (Fsp3) is 0.478. The van der Waals surface area contributed by atoms with Crippen molar-refractivity contribution in [3.8, 4) is 0 Å². The van der Waals surface area contributed by atoms with Gasteiger partial charge in [-0.05, 0) is 49.4 Å². The summed E-state index contributed by atoms with van der Waals surface area (Å²) >= 11 is 0. The van der Waals surface area contributed by atoms with Crippen molar-refractivity contribution in [1.82, 2.24) is 9.88 Å². The van der Waals surface area contributed by atoms with Gasteiger partial charge in [0.1, 0.15) is 5.82 Å². The molecule has 1 saturated carbocycles. The highest BCUT2D eigenvalue weighted by molar-refractivity contribution is 5.79. The Morgan fingerprint density at radius 1 is 1.04 bits per heavy atom. The molecule has 2 heterocycles. The molecular weight excluding hydrogens is 339 g/mol. The molecule has 0 N–H and O–H groups in total. The van der Waals surface area contributed by atoms with Crippen LogP contribution in [-0.4, -0.2) is 28.9 Å². The summed E-state index contributed by atoms with van der Waals surface area (Å²) in [5.41, 5.74) is 2.59. The van der Waals surface area contributed by atoms with Crippen LogP contribution in [0.1, 0.15) is 61.4 Å². The number of nitrogens with zero attached hydrogens (tertiary/aromatic N) is 2. The molecule has 1 saturated heterocycles. The van der Waals surface area contributed by atoms with E-state index in [0.717, 1.165) is 50.2 Å². The lowest BCUT2D eigenvalue weighted by Gasteiger charge is -2.34. The summed E-state index contributed by atoms with van der Waals surface area (Å²) in [7, 11) is 0. The molecule has 2 aliphatic rings. The molecule has 1 aromatic carbocycles. The quantitative estimate of drug-likeness (QED) is 0.785. The van der Waals surface area contributed by atoms with Crippen LogP contribution < -0.4 is 0 Å². The SMILES string of the molecule is O=C(C1CCCC1)N1CCCC(c2cccc(Cc3ccccc3F)n2)C1. The zero-order valence-electron chi connectivity index (χ0n) is 15.7. The number of rotatable bonds is 4. The Kier molecular flexibility index (Phi) is 5.51. The van der Waals surface area contributed by atoms with Crippen molar-refractivity contribution in [2.45, 2.75) is 50.9 Å². The molecule has 1 unspecified atom stereocenters. The second-order valence-corrected chi connectivity index (χ2v) is 7.93.